The quantitative estimate of drug-likeness (QED) is 0.665. The van der Waals surface area contributed by atoms with Crippen molar-refractivity contribution in [1.29, 1.82) is 0 Å². The number of anilines is 1. The minimum atomic E-state index is 0.723. The highest BCUT2D eigenvalue weighted by Gasteiger charge is 2.29. The van der Waals surface area contributed by atoms with Crippen LogP contribution in [0.2, 0.25) is 0 Å². The zero-order chi connectivity index (χ0) is 18.5. The van der Waals surface area contributed by atoms with Gasteiger partial charge in [-0.3, -0.25) is 0 Å². The first-order valence-electron chi connectivity index (χ1n) is 10.3. The third-order valence-electron chi connectivity index (χ3n) is 6.08. The molecular weight excluding hydrogens is 332 g/mol. The molecule has 2 aromatic heterocycles. The number of rotatable bonds is 2. The third-order valence-corrected chi connectivity index (χ3v) is 6.08. The van der Waals surface area contributed by atoms with Gasteiger partial charge in [-0.05, 0) is 50.5 Å². The number of hydrogen-bond donors (Lipinski definition) is 0. The van der Waals surface area contributed by atoms with Crippen LogP contribution in [0.3, 0.4) is 0 Å². The summed E-state index contributed by atoms with van der Waals surface area (Å²) in [6.07, 6.45) is 4.77. The van der Waals surface area contributed by atoms with E-state index in [-0.39, 0.29) is 0 Å². The second-order valence-corrected chi connectivity index (χ2v) is 8.73. The van der Waals surface area contributed by atoms with Crippen molar-refractivity contribution in [3.8, 4) is 11.3 Å². The lowest BCUT2D eigenvalue weighted by Gasteiger charge is -2.37. The number of benzene rings is 1. The van der Waals surface area contributed by atoms with Gasteiger partial charge in [0.15, 0.2) is 5.65 Å². The van der Waals surface area contributed by atoms with Crippen molar-refractivity contribution in [2.75, 3.05) is 18.0 Å². The fourth-order valence-corrected chi connectivity index (χ4v) is 5.07. The fraction of sp³-hybridized carbons (Fsp3) is 0.478. The lowest BCUT2D eigenvalue weighted by Crippen LogP contribution is -2.40. The smallest absolute Gasteiger partial charge is 0.158 e. The van der Waals surface area contributed by atoms with Crippen molar-refractivity contribution in [1.82, 2.24) is 14.6 Å². The van der Waals surface area contributed by atoms with Gasteiger partial charge in [0, 0.05) is 36.0 Å². The van der Waals surface area contributed by atoms with Crippen LogP contribution in [-0.4, -0.2) is 27.7 Å². The number of nitrogens with zero attached hydrogens (tertiary/aromatic N) is 4. The largest absolute Gasteiger partial charge is 0.356 e. The van der Waals surface area contributed by atoms with Gasteiger partial charge in [0.1, 0.15) is 5.82 Å². The van der Waals surface area contributed by atoms with E-state index >= 15 is 0 Å². The first-order valence-corrected chi connectivity index (χ1v) is 10.3. The van der Waals surface area contributed by atoms with Gasteiger partial charge in [0.25, 0.3) is 0 Å². The van der Waals surface area contributed by atoms with Crippen LogP contribution in [0.5, 0.6) is 0 Å². The summed E-state index contributed by atoms with van der Waals surface area (Å²) in [5.41, 5.74) is 7.18. The van der Waals surface area contributed by atoms with E-state index in [9.17, 15) is 0 Å². The van der Waals surface area contributed by atoms with Crippen molar-refractivity contribution in [2.24, 2.45) is 11.8 Å². The van der Waals surface area contributed by atoms with Crippen LogP contribution in [-0.2, 0) is 12.8 Å². The summed E-state index contributed by atoms with van der Waals surface area (Å²) in [7, 11) is 0. The lowest BCUT2D eigenvalue weighted by atomic mass is 9.91. The predicted octanol–water partition coefficient (Wildman–Crippen LogP) is 4.68. The molecule has 0 N–H and O–H groups in total. The number of piperidine rings is 1. The molecule has 1 aliphatic carbocycles. The molecule has 1 fully saturated rings. The summed E-state index contributed by atoms with van der Waals surface area (Å²) in [5, 5.41) is 5.04. The van der Waals surface area contributed by atoms with Crippen molar-refractivity contribution >= 4 is 11.5 Å². The molecule has 5 rings (SSSR count). The van der Waals surface area contributed by atoms with Crippen molar-refractivity contribution < 1.29 is 0 Å². The molecule has 0 spiro atoms. The van der Waals surface area contributed by atoms with Crippen LogP contribution in [0.15, 0.2) is 30.3 Å². The molecule has 2 aliphatic rings. The predicted molar refractivity (Wildman–Crippen MR) is 110 cm³/mol. The van der Waals surface area contributed by atoms with Gasteiger partial charge in [-0.1, -0.05) is 37.6 Å². The Morgan fingerprint density at radius 2 is 1.85 bits per heavy atom. The number of hydrogen-bond acceptors (Lipinski definition) is 3. The molecule has 4 heteroatoms. The minimum absolute atomic E-state index is 0.723. The molecule has 1 saturated heterocycles. The molecule has 3 aromatic rings. The standard InChI is InChI=1S/C23H28N4/c1-15-6-4-7-18(11-15)21-12-22-24-20-9-5-8-19(20)23(27(22)25-21)26-13-16(2)10-17(3)14-26/h4,6-7,11-12,16-17H,5,8-10,13-14H2,1-3H3. The van der Waals surface area contributed by atoms with E-state index in [4.69, 9.17) is 10.1 Å². The maximum Gasteiger partial charge on any atom is 0.158 e. The second kappa shape index (κ2) is 6.36. The van der Waals surface area contributed by atoms with Gasteiger partial charge in [-0.15, -0.1) is 0 Å². The van der Waals surface area contributed by atoms with Crippen molar-refractivity contribution in [3.05, 3.63) is 47.2 Å². The summed E-state index contributed by atoms with van der Waals surface area (Å²) in [5.74, 6) is 2.76. The molecule has 1 aliphatic heterocycles. The normalized spacial score (nSPS) is 22.4. The molecule has 1 aromatic carbocycles. The van der Waals surface area contributed by atoms with Gasteiger partial charge in [0.2, 0.25) is 0 Å². The summed E-state index contributed by atoms with van der Waals surface area (Å²) in [4.78, 5) is 7.58. The average molecular weight is 361 g/mol. The Hall–Kier alpha value is -2.36. The SMILES string of the molecule is Cc1cccc(-c2cc3nc4c(c(N5CC(C)CC(C)C5)n3n2)CCC4)c1. The molecule has 4 nitrogen and oxygen atoms in total. The maximum absolute atomic E-state index is 5.04. The Morgan fingerprint density at radius 1 is 1.04 bits per heavy atom. The van der Waals surface area contributed by atoms with Gasteiger partial charge >= 0.3 is 0 Å². The molecule has 0 radical (unpaired) electrons. The van der Waals surface area contributed by atoms with Crippen molar-refractivity contribution in [2.45, 2.75) is 46.5 Å². The Kier molecular flexibility index (Phi) is 3.96. The Morgan fingerprint density at radius 3 is 2.63 bits per heavy atom. The monoisotopic (exact) mass is 360 g/mol. The summed E-state index contributed by atoms with van der Waals surface area (Å²) in [6, 6.07) is 10.8. The van der Waals surface area contributed by atoms with Crippen LogP contribution in [0.25, 0.3) is 16.9 Å². The van der Waals surface area contributed by atoms with E-state index in [1.165, 1.54) is 41.0 Å². The summed E-state index contributed by atoms with van der Waals surface area (Å²) < 4.78 is 2.13. The average Bonchev–Trinajstić information content (AvgIpc) is 3.24. The first kappa shape index (κ1) is 16.8. The summed E-state index contributed by atoms with van der Waals surface area (Å²) >= 11 is 0. The zero-order valence-corrected chi connectivity index (χ0v) is 16.6. The molecule has 0 bridgehead atoms. The zero-order valence-electron chi connectivity index (χ0n) is 16.6. The Balaban J connectivity index is 1.68. The summed E-state index contributed by atoms with van der Waals surface area (Å²) in [6.45, 7) is 9.13. The third kappa shape index (κ3) is 2.91. The Bertz CT molecular complexity index is 993. The molecular formula is C23H28N4. The molecule has 0 saturated carbocycles. The van der Waals surface area contributed by atoms with Crippen LogP contribution in [0.1, 0.15) is 43.5 Å². The highest BCUT2D eigenvalue weighted by Crippen LogP contribution is 2.35. The number of aryl methyl sites for hydroxylation is 2. The molecule has 140 valence electrons. The molecule has 2 atom stereocenters. The van der Waals surface area contributed by atoms with Crippen LogP contribution < -0.4 is 4.90 Å². The Labute approximate surface area is 161 Å². The second-order valence-electron chi connectivity index (χ2n) is 8.73. The van der Waals surface area contributed by atoms with E-state index in [1.807, 2.05) is 0 Å². The van der Waals surface area contributed by atoms with Crippen LogP contribution >= 0.6 is 0 Å². The molecule has 3 heterocycles. The molecule has 0 amide bonds. The van der Waals surface area contributed by atoms with Crippen LogP contribution in [0.4, 0.5) is 5.82 Å². The van der Waals surface area contributed by atoms with E-state index in [0.29, 0.717) is 0 Å². The highest BCUT2D eigenvalue weighted by molar-refractivity contribution is 5.68. The highest BCUT2D eigenvalue weighted by atomic mass is 15.4. The van der Waals surface area contributed by atoms with Crippen molar-refractivity contribution in [3.63, 3.8) is 0 Å². The topological polar surface area (TPSA) is 33.4 Å². The molecule has 2 unspecified atom stereocenters. The van der Waals surface area contributed by atoms with Gasteiger partial charge in [-0.2, -0.15) is 9.61 Å². The fourth-order valence-electron chi connectivity index (χ4n) is 5.07. The maximum atomic E-state index is 5.04. The molecule has 27 heavy (non-hydrogen) atoms. The van der Waals surface area contributed by atoms with Gasteiger partial charge in [-0.25, -0.2) is 4.98 Å². The van der Waals surface area contributed by atoms with Gasteiger partial charge < -0.3 is 4.90 Å². The lowest BCUT2D eigenvalue weighted by molar-refractivity contribution is 0.353. The van der Waals surface area contributed by atoms with Crippen LogP contribution in [0, 0.1) is 18.8 Å². The number of fused-ring (bicyclic) bond motifs is 2. The first-order chi connectivity index (χ1) is 13.1. The van der Waals surface area contributed by atoms with E-state index in [2.05, 4.69) is 60.5 Å². The van der Waals surface area contributed by atoms with E-state index < -0.39 is 0 Å². The number of aromatic nitrogens is 3. The van der Waals surface area contributed by atoms with E-state index in [0.717, 1.165) is 49.1 Å². The minimum Gasteiger partial charge on any atom is -0.356 e. The van der Waals surface area contributed by atoms with E-state index in [1.54, 1.807) is 0 Å². The van der Waals surface area contributed by atoms with Gasteiger partial charge in [0.05, 0.1) is 5.69 Å².